The number of hydrogen-bond acceptors (Lipinski definition) is 6. The maximum atomic E-state index is 17.6. The molecule has 9 rings (SSSR count). The van der Waals surface area contributed by atoms with Crippen molar-refractivity contribution in [2.45, 2.75) is 75.9 Å². The van der Waals surface area contributed by atoms with Gasteiger partial charge in [0.05, 0.1) is 10.9 Å². The number of anilines is 1. The second-order valence-electron chi connectivity index (χ2n) is 14.4. The molecule has 4 fully saturated rings. The molecule has 2 atom stereocenters. The molecule has 5 aromatic rings. The Morgan fingerprint density at radius 3 is 2.53 bits per heavy atom. The number of rotatable bonds is 5. The molecule has 4 aliphatic rings. The number of benzene rings is 3. The standard InChI is InChI=1S/C38H39F2N7/c1-4-26-29(39)10-7-23-17-22(2)18-27(31(23)26)32-34(40)36-33(28-21-45(3)44-35(28)32)37(46-19-24-8-9-25(20-46)41-24)43-30(42-36)11-14-38-12-5-15-47(38)16-6-13-38/h1,7,10,17-18,21,24-25,41H,5-6,8-9,11-16,19-20H2,2-3H3. The van der Waals surface area contributed by atoms with Crippen molar-refractivity contribution in [2.24, 2.45) is 7.05 Å². The Kier molecular flexibility index (Phi) is 6.61. The first kappa shape index (κ1) is 29.0. The van der Waals surface area contributed by atoms with E-state index in [1.165, 1.54) is 31.7 Å². The number of hydrogen-bond donors (Lipinski definition) is 1. The van der Waals surface area contributed by atoms with E-state index < -0.39 is 11.6 Å². The van der Waals surface area contributed by atoms with Crippen LogP contribution >= 0.6 is 0 Å². The minimum Gasteiger partial charge on any atom is -0.353 e. The van der Waals surface area contributed by atoms with Crippen molar-refractivity contribution in [1.82, 2.24) is 30.0 Å². The minimum atomic E-state index is -0.504. The number of fused-ring (bicyclic) bond motifs is 7. The van der Waals surface area contributed by atoms with Crippen LogP contribution in [0, 0.1) is 30.9 Å². The lowest BCUT2D eigenvalue weighted by atomic mass is 9.88. The van der Waals surface area contributed by atoms with Gasteiger partial charge in [-0.1, -0.05) is 24.1 Å². The molecule has 2 bridgehead atoms. The summed E-state index contributed by atoms with van der Waals surface area (Å²) in [7, 11) is 1.85. The first-order valence-electron chi connectivity index (χ1n) is 17.1. The zero-order chi connectivity index (χ0) is 32.0. The molecule has 0 spiro atoms. The zero-order valence-corrected chi connectivity index (χ0v) is 27.0. The van der Waals surface area contributed by atoms with Crippen LogP contribution in [0.3, 0.4) is 0 Å². The Labute approximate surface area is 273 Å². The fourth-order valence-corrected chi connectivity index (χ4v) is 9.44. The molecule has 0 saturated carbocycles. The number of nitrogens with one attached hydrogen (secondary N) is 1. The average molecular weight is 632 g/mol. The van der Waals surface area contributed by atoms with Crippen LogP contribution in [0.1, 0.15) is 61.9 Å². The summed E-state index contributed by atoms with van der Waals surface area (Å²) >= 11 is 0. The molecule has 2 aromatic heterocycles. The molecular formula is C38H39F2N7. The summed E-state index contributed by atoms with van der Waals surface area (Å²) in [4.78, 5) is 15.4. The summed E-state index contributed by atoms with van der Waals surface area (Å²) in [5, 5.41) is 11.3. The van der Waals surface area contributed by atoms with Gasteiger partial charge < -0.3 is 10.2 Å². The van der Waals surface area contributed by atoms with Crippen LogP contribution in [0.5, 0.6) is 0 Å². The van der Waals surface area contributed by atoms with E-state index in [-0.39, 0.29) is 11.1 Å². The third kappa shape index (κ3) is 4.48. The Morgan fingerprint density at radius 1 is 1.02 bits per heavy atom. The Balaban J connectivity index is 1.31. The lowest BCUT2D eigenvalue weighted by molar-refractivity contribution is 0.182. The third-order valence-electron chi connectivity index (χ3n) is 11.5. The summed E-state index contributed by atoms with van der Waals surface area (Å²) in [5.74, 6) is 3.06. The van der Waals surface area contributed by atoms with Gasteiger partial charge in [-0.05, 0) is 87.5 Å². The topological polar surface area (TPSA) is 62.1 Å². The SMILES string of the molecule is C#Cc1c(F)ccc2cc(C)cc(-c3c(F)c4nc(CCC56CCCN5CCC6)nc(N5CC6CCC(C5)N6)c4c4cn(C)nc34)c12. The second kappa shape index (κ2) is 10.7. The largest absolute Gasteiger partial charge is 0.353 e. The van der Waals surface area contributed by atoms with E-state index >= 15 is 8.78 Å². The molecule has 4 saturated heterocycles. The number of terminal acetylenes is 1. The predicted molar refractivity (Wildman–Crippen MR) is 183 cm³/mol. The van der Waals surface area contributed by atoms with Crippen molar-refractivity contribution in [3.63, 3.8) is 0 Å². The van der Waals surface area contributed by atoms with Gasteiger partial charge in [-0.15, -0.1) is 6.42 Å². The predicted octanol–water partition coefficient (Wildman–Crippen LogP) is 6.41. The fraction of sp³-hybridized carbons (Fsp3) is 0.447. The van der Waals surface area contributed by atoms with E-state index in [9.17, 15) is 0 Å². The van der Waals surface area contributed by atoms with Gasteiger partial charge in [-0.25, -0.2) is 18.7 Å². The zero-order valence-electron chi connectivity index (χ0n) is 27.0. The van der Waals surface area contributed by atoms with E-state index in [0.717, 1.165) is 67.6 Å². The van der Waals surface area contributed by atoms with Crippen LogP contribution in [0.25, 0.3) is 43.7 Å². The highest BCUT2D eigenvalue weighted by Gasteiger charge is 2.44. The lowest BCUT2D eigenvalue weighted by Crippen LogP contribution is -2.51. The van der Waals surface area contributed by atoms with Gasteiger partial charge in [0.2, 0.25) is 0 Å². The Morgan fingerprint density at radius 2 is 1.79 bits per heavy atom. The summed E-state index contributed by atoms with van der Waals surface area (Å²) in [5.41, 5.74) is 2.88. The molecule has 1 N–H and O–H groups in total. The maximum absolute atomic E-state index is 17.6. The molecule has 9 heteroatoms. The monoisotopic (exact) mass is 631 g/mol. The summed E-state index contributed by atoms with van der Waals surface area (Å²) < 4.78 is 34.5. The van der Waals surface area contributed by atoms with Crippen molar-refractivity contribution in [3.8, 4) is 23.5 Å². The summed E-state index contributed by atoms with van der Waals surface area (Å²) in [6.45, 7) is 5.92. The van der Waals surface area contributed by atoms with Crippen LogP contribution in [0.2, 0.25) is 0 Å². The Bertz CT molecular complexity index is 2120. The highest BCUT2D eigenvalue weighted by molar-refractivity contribution is 6.18. The maximum Gasteiger partial charge on any atom is 0.159 e. The minimum absolute atomic E-state index is 0.123. The first-order valence-corrected chi connectivity index (χ1v) is 17.1. The van der Waals surface area contributed by atoms with Crippen LogP contribution in [0.15, 0.2) is 30.5 Å². The molecule has 0 amide bonds. The van der Waals surface area contributed by atoms with E-state index in [1.807, 2.05) is 32.3 Å². The third-order valence-corrected chi connectivity index (χ3v) is 11.5. The highest BCUT2D eigenvalue weighted by atomic mass is 19.1. The molecular weight excluding hydrogens is 592 g/mol. The van der Waals surface area contributed by atoms with Gasteiger partial charge in [-0.3, -0.25) is 9.58 Å². The van der Waals surface area contributed by atoms with E-state index in [0.29, 0.717) is 57.3 Å². The van der Waals surface area contributed by atoms with Crippen LogP contribution in [-0.2, 0) is 13.5 Å². The summed E-state index contributed by atoms with van der Waals surface area (Å²) in [6, 6.07) is 7.72. The van der Waals surface area contributed by atoms with Crippen molar-refractivity contribution < 1.29 is 8.78 Å². The number of nitrogens with zero attached hydrogens (tertiary/aromatic N) is 6. The van der Waals surface area contributed by atoms with Crippen molar-refractivity contribution in [3.05, 3.63) is 59.0 Å². The van der Waals surface area contributed by atoms with Gasteiger partial charge in [0.25, 0.3) is 0 Å². The van der Waals surface area contributed by atoms with E-state index in [1.54, 1.807) is 10.7 Å². The molecule has 7 nitrogen and oxygen atoms in total. The number of aryl methyl sites for hydroxylation is 3. The van der Waals surface area contributed by atoms with Crippen LogP contribution in [0.4, 0.5) is 14.6 Å². The first-order chi connectivity index (χ1) is 22.8. The molecule has 2 unspecified atom stereocenters. The van der Waals surface area contributed by atoms with E-state index in [4.69, 9.17) is 21.5 Å². The number of halogens is 2. The van der Waals surface area contributed by atoms with E-state index in [2.05, 4.69) is 21.0 Å². The van der Waals surface area contributed by atoms with Crippen LogP contribution < -0.4 is 10.2 Å². The number of piperazine rings is 1. The van der Waals surface area contributed by atoms with Crippen molar-refractivity contribution in [2.75, 3.05) is 31.1 Å². The lowest BCUT2D eigenvalue weighted by Gasteiger charge is -2.35. The normalized spacial score (nSPS) is 22.1. The van der Waals surface area contributed by atoms with Gasteiger partial charge in [0.15, 0.2) is 5.82 Å². The second-order valence-corrected chi connectivity index (χ2v) is 14.4. The molecule has 0 radical (unpaired) electrons. The van der Waals surface area contributed by atoms with Crippen molar-refractivity contribution in [1.29, 1.82) is 0 Å². The average Bonchev–Trinajstić information content (AvgIpc) is 3.83. The molecule has 4 aliphatic heterocycles. The quantitative estimate of drug-likeness (QED) is 0.227. The van der Waals surface area contributed by atoms with Crippen LogP contribution in [-0.4, -0.2) is 68.4 Å². The van der Waals surface area contributed by atoms with Gasteiger partial charge in [0, 0.05) is 66.7 Å². The highest BCUT2D eigenvalue weighted by Crippen LogP contribution is 2.45. The Hall–Kier alpha value is -4.13. The van der Waals surface area contributed by atoms with Crippen molar-refractivity contribution >= 4 is 38.4 Å². The molecule has 3 aromatic carbocycles. The molecule has 47 heavy (non-hydrogen) atoms. The smallest absolute Gasteiger partial charge is 0.159 e. The van der Waals surface area contributed by atoms with Gasteiger partial charge in [-0.2, -0.15) is 5.10 Å². The summed E-state index contributed by atoms with van der Waals surface area (Å²) in [6.07, 6.45) is 16.6. The molecule has 0 aliphatic carbocycles. The van der Waals surface area contributed by atoms with Gasteiger partial charge in [0.1, 0.15) is 28.5 Å². The molecule has 6 heterocycles. The van der Waals surface area contributed by atoms with Gasteiger partial charge >= 0.3 is 0 Å². The molecule has 240 valence electrons. The number of aromatic nitrogens is 4. The fourth-order valence-electron chi connectivity index (χ4n) is 9.44.